The molecule has 0 saturated heterocycles. The molecule has 0 saturated carbocycles. The maximum Gasteiger partial charge on any atom is 0.251 e. The number of nitrogens with one attached hydrogen (secondary N) is 2. The number of H-pyrrole nitrogens is 1. The molecule has 0 fully saturated rings. The van der Waals surface area contributed by atoms with Gasteiger partial charge in [0.05, 0.1) is 16.4 Å². The highest BCUT2D eigenvalue weighted by atomic mass is 35.5. The van der Waals surface area contributed by atoms with Gasteiger partial charge in [-0.3, -0.25) is 9.36 Å². The van der Waals surface area contributed by atoms with Crippen LogP contribution < -0.4 is 5.32 Å². The van der Waals surface area contributed by atoms with Gasteiger partial charge in [-0.05, 0) is 35.5 Å². The zero-order valence-electron chi connectivity index (χ0n) is 18.1. The van der Waals surface area contributed by atoms with E-state index in [1.807, 2.05) is 30.3 Å². The average molecular weight is 508 g/mol. The molecule has 0 unspecified atom stereocenters. The number of rotatable bonds is 5. The Balaban J connectivity index is 1.92. The minimum Gasteiger partial charge on any atom is -0.355 e. The molecule has 0 aliphatic carbocycles. The molecule has 8 nitrogen and oxygen atoms in total. The molecule has 2 heterocycles. The van der Waals surface area contributed by atoms with E-state index < -0.39 is 5.82 Å². The van der Waals surface area contributed by atoms with Crippen LogP contribution in [0, 0.1) is 5.82 Å². The third-order valence-electron chi connectivity index (χ3n) is 5.30. The number of nitrogens with zero attached hydrogens (tertiary/aromatic N) is 5. The van der Waals surface area contributed by atoms with Gasteiger partial charge in [0, 0.05) is 28.8 Å². The van der Waals surface area contributed by atoms with E-state index in [4.69, 9.17) is 28.2 Å². The fraction of sp³-hybridized carbons (Fsp3) is 0.0417. The summed E-state index contributed by atoms with van der Waals surface area (Å²) in [5, 5.41) is 17.1. The first-order valence-electron chi connectivity index (χ1n) is 10.4. The lowest BCUT2D eigenvalue weighted by atomic mass is 10.0. The van der Waals surface area contributed by atoms with Crippen LogP contribution in [0.5, 0.6) is 0 Å². The Bertz CT molecular complexity index is 1540. The number of tetrazole rings is 1. The number of aromatic nitrogens is 6. The predicted molar refractivity (Wildman–Crippen MR) is 131 cm³/mol. The molecule has 5 rings (SSSR count). The number of hydrogen-bond donors (Lipinski definition) is 2. The van der Waals surface area contributed by atoms with Crippen molar-refractivity contribution in [2.45, 2.75) is 0 Å². The molecule has 0 aliphatic rings. The number of halogens is 3. The molecule has 0 bridgehead atoms. The first-order chi connectivity index (χ1) is 17.0. The summed E-state index contributed by atoms with van der Waals surface area (Å²) in [6, 6.07) is 18.8. The number of imidazole rings is 1. The van der Waals surface area contributed by atoms with Crippen molar-refractivity contribution in [1.29, 1.82) is 0 Å². The Labute approximate surface area is 208 Å². The molecule has 1 amide bonds. The first-order valence-corrected chi connectivity index (χ1v) is 11.1. The van der Waals surface area contributed by atoms with Crippen LogP contribution >= 0.6 is 23.2 Å². The summed E-state index contributed by atoms with van der Waals surface area (Å²) in [6.07, 6.45) is 0. The van der Waals surface area contributed by atoms with Crippen molar-refractivity contribution in [3.05, 3.63) is 88.2 Å². The lowest BCUT2D eigenvalue weighted by Crippen LogP contribution is -2.17. The lowest BCUT2D eigenvalue weighted by molar-refractivity contribution is 0.0963. The standard InChI is InChI=1S/C24H16Cl2FN7O/c1-28-24(35)15-10-14(11-16(25)12-15)21-20(22-30-32-33-31-22)29-23(13-6-3-2-4-7-13)34(21)18-9-5-8-17(26)19(18)27/h2-12H,1H3,(H,28,35)(H,30,31,32,33). The molecule has 3 aromatic carbocycles. The first kappa shape index (κ1) is 22.7. The van der Waals surface area contributed by atoms with Gasteiger partial charge in [-0.2, -0.15) is 5.21 Å². The second kappa shape index (κ2) is 9.28. The van der Waals surface area contributed by atoms with Crippen molar-refractivity contribution in [2.75, 3.05) is 7.05 Å². The fourth-order valence-electron chi connectivity index (χ4n) is 3.79. The molecule has 174 valence electrons. The monoisotopic (exact) mass is 507 g/mol. The Morgan fingerprint density at radius 3 is 2.54 bits per heavy atom. The summed E-state index contributed by atoms with van der Waals surface area (Å²) >= 11 is 12.6. The maximum absolute atomic E-state index is 15.5. The molecule has 0 spiro atoms. The molecular formula is C24H16Cl2FN7O. The third-order valence-corrected chi connectivity index (χ3v) is 5.81. The SMILES string of the molecule is CNC(=O)c1cc(Cl)cc(-c2c(-c3nn[nH]n3)nc(-c3ccccc3)n2-c2cccc(Cl)c2F)c1. The van der Waals surface area contributed by atoms with Gasteiger partial charge in [0.1, 0.15) is 11.5 Å². The number of carbonyl (C=O) groups is 1. The Morgan fingerprint density at radius 1 is 1.03 bits per heavy atom. The number of aromatic amines is 1. The van der Waals surface area contributed by atoms with Crippen LogP contribution in [-0.2, 0) is 0 Å². The third kappa shape index (κ3) is 4.16. The van der Waals surface area contributed by atoms with Gasteiger partial charge in [-0.25, -0.2) is 9.37 Å². The second-order valence-electron chi connectivity index (χ2n) is 7.45. The minimum atomic E-state index is -0.641. The van der Waals surface area contributed by atoms with Gasteiger partial charge in [0.25, 0.3) is 5.91 Å². The predicted octanol–water partition coefficient (Wildman–Crippen LogP) is 5.19. The molecule has 35 heavy (non-hydrogen) atoms. The van der Waals surface area contributed by atoms with Crippen LogP contribution in [0.2, 0.25) is 10.0 Å². The summed E-state index contributed by atoms with van der Waals surface area (Å²) in [6.45, 7) is 0. The summed E-state index contributed by atoms with van der Waals surface area (Å²) in [4.78, 5) is 17.2. The molecular weight excluding hydrogens is 492 g/mol. The second-order valence-corrected chi connectivity index (χ2v) is 8.29. The summed E-state index contributed by atoms with van der Waals surface area (Å²) < 4.78 is 17.1. The summed E-state index contributed by atoms with van der Waals surface area (Å²) in [5.74, 6) is -0.390. The number of carbonyl (C=O) groups excluding carboxylic acids is 1. The normalized spacial score (nSPS) is 11.0. The molecule has 5 aromatic rings. The van der Waals surface area contributed by atoms with Crippen LogP contribution in [0.4, 0.5) is 4.39 Å². The van der Waals surface area contributed by atoms with Gasteiger partial charge >= 0.3 is 0 Å². The smallest absolute Gasteiger partial charge is 0.251 e. The molecule has 0 radical (unpaired) electrons. The van der Waals surface area contributed by atoms with Gasteiger partial charge in [0.2, 0.25) is 5.82 Å². The highest BCUT2D eigenvalue weighted by Gasteiger charge is 2.27. The Morgan fingerprint density at radius 2 is 1.83 bits per heavy atom. The van der Waals surface area contributed by atoms with Crippen molar-refractivity contribution < 1.29 is 9.18 Å². The van der Waals surface area contributed by atoms with Crippen molar-refractivity contribution in [1.82, 2.24) is 35.5 Å². The Kier molecular flexibility index (Phi) is 6.02. The van der Waals surface area contributed by atoms with E-state index in [0.29, 0.717) is 38.9 Å². The van der Waals surface area contributed by atoms with Crippen molar-refractivity contribution in [3.8, 4) is 39.9 Å². The molecule has 11 heteroatoms. The van der Waals surface area contributed by atoms with Crippen LogP contribution in [-0.4, -0.2) is 43.1 Å². The summed E-state index contributed by atoms with van der Waals surface area (Å²) in [7, 11) is 1.52. The van der Waals surface area contributed by atoms with Gasteiger partial charge in [-0.15, -0.1) is 10.2 Å². The highest BCUT2D eigenvalue weighted by molar-refractivity contribution is 6.31. The fourth-order valence-corrected chi connectivity index (χ4v) is 4.19. The van der Waals surface area contributed by atoms with E-state index in [0.717, 1.165) is 0 Å². The van der Waals surface area contributed by atoms with Crippen LogP contribution in [0.1, 0.15) is 10.4 Å². The number of amides is 1. The largest absolute Gasteiger partial charge is 0.355 e. The Hall–Kier alpha value is -4.08. The van der Waals surface area contributed by atoms with Crippen LogP contribution in [0.3, 0.4) is 0 Å². The average Bonchev–Trinajstić information content (AvgIpc) is 3.53. The zero-order chi connectivity index (χ0) is 24.5. The van der Waals surface area contributed by atoms with E-state index in [9.17, 15) is 4.79 Å². The van der Waals surface area contributed by atoms with Gasteiger partial charge < -0.3 is 5.32 Å². The van der Waals surface area contributed by atoms with Crippen LogP contribution in [0.25, 0.3) is 39.9 Å². The van der Waals surface area contributed by atoms with Gasteiger partial charge in [0.15, 0.2) is 5.82 Å². The lowest BCUT2D eigenvalue weighted by Gasteiger charge is -2.15. The molecule has 2 N–H and O–H groups in total. The van der Waals surface area contributed by atoms with Crippen molar-refractivity contribution in [2.24, 2.45) is 0 Å². The quantitative estimate of drug-likeness (QED) is 0.340. The van der Waals surface area contributed by atoms with E-state index in [1.54, 1.807) is 28.8 Å². The van der Waals surface area contributed by atoms with E-state index >= 15 is 4.39 Å². The van der Waals surface area contributed by atoms with Gasteiger partial charge in [-0.1, -0.05) is 59.6 Å². The number of hydrogen-bond acceptors (Lipinski definition) is 5. The highest BCUT2D eigenvalue weighted by Crippen LogP contribution is 2.39. The minimum absolute atomic E-state index is 0.0561. The van der Waals surface area contributed by atoms with E-state index in [2.05, 4.69) is 25.9 Å². The number of benzene rings is 3. The van der Waals surface area contributed by atoms with Crippen molar-refractivity contribution >= 4 is 29.1 Å². The topological polar surface area (TPSA) is 101 Å². The van der Waals surface area contributed by atoms with Crippen molar-refractivity contribution in [3.63, 3.8) is 0 Å². The van der Waals surface area contributed by atoms with E-state index in [-0.39, 0.29) is 22.4 Å². The van der Waals surface area contributed by atoms with Crippen LogP contribution in [0.15, 0.2) is 66.7 Å². The zero-order valence-corrected chi connectivity index (χ0v) is 19.6. The molecule has 2 aromatic heterocycles. The molecule has 0 atom stereocenters. The summed E-state index contributed by atoms with van der Waals surface area (Å²) in [5.41, 5.74) is 2.37. The maximum atomic E-state index is 15.5. The molecule has 0 aliphatic heterocycles. The van der Waals surface area contributed by atoms with E-state index in [1.165, 1.54) is 19.2 Å².